The lowest BCUT2D eigenvalue weighted by Gasteiger charge is -2.26. The van der Waals surface area contributed by atoms with Crippen LogP contribution in [0.15, 0.2) is 33.6 Å². The second-order valence-corrected chi connectivity index (χ2v) is 7.88. The van der Waals surface area contributed by atoms with E-state index >= 15 is 0 Å². The maximum atomic E-state index is 9.39. The molecular formula is C15H19BrN2S. The minimum absolute atomic E-state index is 0.400. The van der Waals surface area contributed by atoms with Crippen molar-refractivity contribution in [2.45, 2.75) is 54.8 Å². The van der Waals surface area contributed by atoms with Gasteiger partial charge in [0.25, 0.3) is 0 Å². The van der Waals surface area contributed by atoms with Gasteiger partial charge in [0.15, 0.2) is 0 Å². The standard InChI is InChI=1S/C15H19BrN2S/c1-11(19-14-7-3-12(16)4-8-14)9-15(2,10-17)18-13-5-6-13/h3-4,7-8,11,13,18H,5-6,9H2,1-2H3. The molecule has 2 rings (SSSR count). The normalized spacial score (nSPS) is 19.5. The third-order valence-corrected chi connectivity index (χ3v) is 4.84. The van der Waals surface area contributed by atoms with E-state index in [4.69, 9.17) is 0 Å². The summed E-state index contributed by atoms with van der Waals surface area (Å²) in [6.07, 6.45) is 3.29. The van der Waals surface area contributed by atoms with Gasteiger partial charge in [0.2, 0.25) is 0 Å². The first-order valence-electron chi connectivity index (χ1n) is 6.62. The van der Waals surface area contributed by atoms with Crippen molar-refractivity contribution in [2.24, 2.45) is 0 Å². The Hall–Kier alpha value is -0.500. The van der Waals surface area contributed by atoms with Gasteiger partial charge >= 0.3 is 0 Å². The van der Waals surface area contributed by atoms with Crippen molar-refractivity contribution in [3.63, 3.8) is 0 Å². The van der Waals surface area contributed by atoms with Crippen LogP contribution in [0.2, 0.25) is 0 Å². The van der Waals surface area contributed by atoms with E-state index in [1.807, 2.05) is 18.7 Å². The smallest absolute Gasteiger partial charge is 0.105 e. The van der Waals surface area contributed by atoms with Gasteiger partial charge < -0.3 is 0 Å². The van der Waals surface area contributed by atoms with Gasteiger partial charge in [-0.15, -0.1) is 11.8 Å². The first-order valence-corrected chi connectivity index (χ1v) is 8.29. The third-order valence-electron chi connectivity index (χ3n) is 3.19. The molecule has 102 valence electrons. The molecule has 2 unspecified atom stereocenters. The molecule has 0 radical (unpaired) electrons. The van der Waals surface area contributed by atoms with Crippen LogP contribution in [0.3, 0.4) is 0 Å². The number of benzene rings is 1. The van der Waals surface area contributed by atoms with Crippen LogP contribution in [0.25, 0.3) is 0 Å². The molecule has 0 amide bonds. The van der Waals surface area contributed by atoms with Crippen molar-refractivity contribution in [1.82, 2.24) is 5.32 Å². The second kappa shape index (κ2) is 6.30. The summed E-state index contributed by atoms with van der Waals surface area (Å²) in [6, 6.07) is 11.3. The van der Waals surface area contributed by atoms with Crippen LogP contribution in [0.5, 0.6) is 0 Å². The predicted octanol–water partition coefficient (Wildman–Crippen LogP) is 4.35. The summed E-state index contributed by atoms with van der Waals surface area (Å²) in [6.45, 7) is 4.21. The number of hydrogen-bond donors (Lipinski definition) is 1. The quantitative estimate of drug-likeness (QED) is 0.783. The molecule has 2 atom stereocenters. The topological polar surface area (TPSA) is 35.8 Å². The fraction of sp³-hybridized carbons (Fsp3) is 0.533. The monoisotopic (exact) mass is 338 g/mol. The molecule has 1 aliphatic rings. The van der Waals surface area contributed by atoms with Crippen LogP contribution in [-0.2, 0) is 0 Å². The zero-order valence-electron chi connectivity index (χ0n) is 11.3. The molecule has 1 N–H and O–H groups in total. The van der Waals surface area contributed by atoms with E-state index in [9.17, 15) is 5.26 Å². The lowest BCUT2D eigenvalue weighted by Crippen LogP contribution is -2.44. The summed E-state index contributed by atoms with van der Waals surface area (Å²) in [4.78, 5) is 1.25. The molecule has 4 heteroatoms. The predicted molar refractivity (Wildman–Crippen MR) is 84.3 cm³/mol. The Balaban J connectivity index is 1.90. The van der Waals surface area contributed by atoms with E-state index in [1.54, 1.807) is 0 Å². The summed E-state index contributed by atoms with van der Waals surface area (Å²) in [5, 5.41) is 13.3. The highest BCUT2D eigenvalue weighted by Crippen LogP contribution is 2.31. The summed E-state index contributed by atoms with van der Waals surface area (Å²) >= 11 is 5.27. The Morgan fingerprint density at radius 3 is 2.63 bits per heavy atom. The molecule has 0 aromatic heterocycles. The number of nitrogens with zero attached hydrogens (tertiary/aromatic N) is 1. The van der Waals surface area contributed by atoms with Gasteiger partial charge in [-0.1, -0.05) is 22.9 Å². The molecular weight excluding hydrogens is 320 g/mol. The molecule has 1 aromatic rings. The highest BCUT2D eigenvalue weighted by molar-refractivity contribution is 9.10. The van der Waals surface area contributed by atoms with Crippen molar-refractivity contribution in [3.05, 3.63) is 28.7 Å². The molecule has 1 saturated carbocycles. The minimum Gasteiger partial charge on any atom is -0.297 e. The van der Waals surface area contributed by atoms with E-state index in [-0.39, 0.29) is 0 Å². The highest BCUT2D eigenvalue weighted by atomic mass is 79.9. The molecule has 0 saturated heterocycles. The van der Waals surface area contributed by atoms with Crippen molar-refractivity contribution >= 4 is 27.7 Å². The highest BCUT2D eigenvalue weighted by Gasteiger charge is 2.33. The molecule has 1 aromatic carbocycles. The summed E-state index contributed by atoms with van der Waals surface area (Å²) < 4.78 is 1.10. The van der Waals surface area contributed by atoms with Crippen LogP contribution in [-0.4, -0.2) is 16.8 Å². The molecule has 1 fully saturated rings. The van der Waals surface area contributed by atoms with Gasteiger partial charge in [0.1, 0.15) is 5.54 Å². The van der Waals surface area contributed by atoms with Crippen LogP contribution in [0, 0.1) is 11.3 Å². The van der Waals surface area contributed by atoms with Crippen molar-refractivity contribution < 1.29 is 0 Å². The van der Waals surface area contributed by atoms with E-state index in [2.05, 4.69) is 58.5 Å². The minimum atomic E-state index is -0.400. The lowest BCUT2D eigenvalue weighted by atomic mass is 9.98. The fourth-order valence-electron chi connectivity index (χ4n) is 2.18. The SMILES string of the molecule is CC(CC(C)(C#N)NC1CC1)Sc1ccc(Br)cc1. The van der Waals surface area contributed by atoms with E-state index in [0.717, 1.165) is 10.9 Å². The van der Waals surface area contributed by atoms with Crippen LogP contribution >= 0.6 is 27.7 Å². The van der Waals surface area contributed by atoms with Gasteiger partial charge in [-0.05, 0) is 50.5 Å². The summed E-state index contributed by atoms with van der Waals surface area (Å²) in [5.41, 5.74) is -0.400. The molecule has 0 spiro atoms. The zero-order valence-corrected chi connectivity index (χ0v) is 13.7. The van der Waals surface area contributed by atoms with Crippen LogP contribution in [0.4, 0.5) is 0 Å². The van der Waals surface area contributed by atoms with Crippen molar-refractivity contribution in [2.75, 3.05) is 0 Å². The number of nitriles is 1. The number of hydrogen-bond acceptors (Lipinski definition) is 3. The number of rotatable bonds is 6. The van der Waals surface area contributed by atoms with Crippen LogP contribution in [0.1, 0.15) is 33.1 Å². The Bertz CT molecular complexity index is 464. The Morgan fingerprint density at radius 1 is 1.47 bits per heavy atom. The van der Waals surface area contributed by atoms with Crippen molar-refractivity contribution in [1.29, 1.82) is 5.26 Å². The Morgan fingerprint density at radius 2 is 2.11 bits per heavy atom. The first kappa shape index (κ1) is 14.9. The Kier molecular flexibility index (Phi) is 4.94. The molecule has 1 aliphatic carbocycles. The zero-order chi connectivity index (χ0) is 13.9. The number of nitrogens with one attached hydrogen (secondary N) is 1. The molecule has 19 heavy (non-hydrogen) atoms. The Labute approximate surface area is 128 Å². The van der Waals surface area contributed by atoms with Gasteiger partial charge in [0, 0.05) is 20.7 Å². The van der Waals surface area contributed by atoms with Gasteiger partial charge in [-0.2, -0.15) is 5.26 Å². The molecule has 2 nitrogen and oxygen atoms in total. The van der Waals surface area contributed by atoms with Gasteiger partial charge in [0.05, 0.1) is 6.07 Å². The average Bonchev–Trinajstić information content (AvgIpc) is 3.15. The average molecular weight is 339 g/mol. The first-order chi connectivity index (χ1) is 9.00. The number of halogens is 1. The number of thioether (sulfide) groups is 1. The maximum Gasteiger partial charge on any atom is 0.105 e. The van der Waals surface area contributed by atoms with E-state index in [0.29, 0.717) is 11.3 Å². The second-order valence-electron chi connectivity index (χ2n) is 5.45. The largest absolute Gasteiger partial charge is 0.297 e. The summed E-state index contributed by atoms with van der Waals surface area (Å²) in [7, 11) is 0. The van der Waals surface area contributed by atoms with Gasteiger partial charge in [-0.3, -0.25) is 5.32 Å². The van der Waals surface area contributed by atoms with Crippen LogP contribution < -0.4 is 5.32 Å². The third kappa shape index (κ3) is 4.83. The molecule has 0 aliphatic heterocycles. The van der Waals surface area contributed by atoms with E-state index in [1.165, 1.54) is 17.7 Å². The van der Waals surface area contributed by atoms with Gasteiger partial charge in [-0.25, -0.2) is 0 Å². The summed E-state index contributed by atoms with van der Waals surface area (Å²) in [5.74, 6) is 0. The van der Waals surface area contributed by atoms with Crippen molar-refractivity contribution in [3.8, 4) is 6.07 Å². The molecule has 0 bridgehead atoms. The fourth-order valence-corrected chi connectivity index (χ4v) is 3.62. The maximum absolute atomic E-state index is 9.39. The van der Waals surface area contributed by atoms with E-state index < -0.39 is 5.54 Å². The molecule has 0 heterocycles. The lowest BCUT2D eigenvalue weighted by molar-refractivity contribution is 0.415.